The molecule has 3 rings (SSSR count). The molecule has 1 aliphatic heterocycles. The van der Waals surface area contributed by atoms with Crippen molar-refractivity contribution >= 4 is 17.1 Å². The third-order valence-electron chi connectivity index (χ3n) is 3.48. The van der Waals surface area contributed by atoms with Gasteiger partial charge in [-0.15, -0.1) is 11.3 Å². The van der Waals surface area contributed by atoms with Crippen LogP contribution in [-0.2, 0) is 20.0 Å². The van der Waals surface area contributed by atoms with Crippen molar-refractivity contribution in [2.45, 2.75) is 13.0 Å². The van der Waals surface area contributed by atoms with E-state index in [1.54, 1.807) is 0 Å². The van der Waals surface area contributed by atoms with Crippen molar-refractivity contribution in [3.63, 3.8) is 0 Å². The number of thiophene rings is 1. The molecular weight excluding hydrogens is 244 g/mol. The molecular formula is C14H16N2OS. The van der Waals surface area contributed by atoms with E-state index in [0.29, 0.717) is 6.54 Å². The number of carbonyl (C=O) groups is 1. The first-order chi connectivity index (χ1) is 8.74. The molecule has 0 saturated heterocycles. The summed E-state index contributed by atoms with van der Waals surface area (Å²) in [4.78, 5) is 15.9. The van der Waals surface area contributed by atoms with Gasteiger partial charge in [-0.3, -0.25) is 9.69 Å². The van der Waals surface area contributed by atoms with Crippen LogP contribution in [0.25, 0.3) is 0 Å². The second kappa shape index (κ2) is 4.71. The van der Waals surface area contributed by atoms with Gasteiger partial charge in [-0.05, 0) is 35.6 Å². The zero-order chi connectivity index (χ0) is 12.5. The molecule has 3 nitrogen and oxygen atoms in total. The van der Waals surface area contributed by atoms with E-state index in [0.717, 1.165) is 25.2 Å². The minimum Gasteiger partial charge on any atom is -0.348 e. The Morgan fingerprint density at radius 1 is 1.44 bits per heavy atom. The van der Waals surface area contributed by atoms with Gasteiger partial charge in [0.15, 0.2) is 5.78 Å². The number of nitrogens with zero attached hydrogens (tertiary/aromatic N) is 2. The van der Waals surface area contributed by atoms with Gasteiger partial charge in [-0.2, -0.15) is 0 Å². The number of hydrogen-bond donors (Lipinski definition) is 0. The average Bonchev–Trinajstić information content (AvgIpc) is 2.96. The topological polar surface area (TPSA) is 25.2 Å². The molecule has 3 heterocycles. The first-order valence-corrected chi connectivity index (χ1v) is 7.04. The summed E-state index contributed by atoms with van der Waals surface area (Å²) in [7, 11) is 1.92. The van der Waals surface area contributed by atoms with Crippen molar-refractivity contribution in [3.8, 4) is 0 Å². The summed E-state index contributed by atoms with van der Waals surface area (Å²) in [5.41, 5.74) is 2.19. The summed E-state index contributed by atoms with van der Waals surface area (Å²) in [5.74, 6) is 0.209. The van der Waals surface area contributed by atoms with E-state index in [2.05, 4.69) is 16.3 Å². The van der Waals surface area contributed by atoms with Crippen LogP contribution >= 0.6 is 11.3 Å². The van der Waals surface area contributed by atoms with E-state index < -0.39 is 0 Å². The van der Waals surface area contributed by atoms with Crippen molar-refractivity contribution in [2.75, 3.05) is 13.1 Å². The van der Waals surface area contributed by atoms with Gasteiger partial charge < -0.3 is 4.57 Å². The summed E-state index contributed by atoms with van der Waals surface area (Å²) in [5, 5.41) is 2.15. The molecule has 0 spiro atoms. The van der Waals surface area contributed by atoms with E-state index in [1.165, 1.54) is 10.4 Å². The Bertz CT molecular complexity index is 570. The molecule has 94 valence electrons. The first-order valence-electron chi connectivity index (χ1n) is 6.16. The molecule has 0 radical (unpaired) electrons. The molecule has 0 unspecified atom stereocenters. The summed E-state index contributed by atoms with van der Waals surface area (Å²) in [6.45, 7) is 2.42. The van der Waals surface area contributed by atoms with E-state index in [1.807, 2.05) is 41.3 Å². The van der Waals surface area contributed by atoms with Crippen LogP contribution in [0.2, 0.25) is 0 Å². The summed E-state index contributed by atoms with van der Waals surface area (Å²) in [6, 6.07) is 5.99. The molecule has 18 heavy (non-hydrogen) atoms. The molecule has 0 bridgehead atoms. The van der Waals surface area contributed by atoms with Crippen LogP contribution in [0.15, 0.2) is 29.8 Å². The maximum absolute atomic E-state index is 12.2. The molecule has 0 N–H and O–H groups in total. The average molecular weight is 260 g/mol. The van der Waals surface area contributed by atoms with Gasteiger partial charge in [0.25, 0.3) is 0 Å². The second-order valence-corrected chi connectivity index (χ2v) is 5.76. The number of aromatic nitrogens is 1. The number of carbonyl (C=O) groups excluding carboxylic acids is 1. The van der Waals surface area contributed by atoms with Gasteiger partial charge in [0.1, 0.15) is 0 Å². The smallest absolute Gasteiger partial charge is 0.193 e. The Morgan fingerprint density at radius 3 is 3.11 bits per heavy atom. The maximum Gasteiger partial charge on any atom is 0.193 e. The molecule has 4 heteroatoms. The number of hydrogen-bond acceptors (Lipinski definition) is 3. The van der Waals surface area contributed by atoms with Gasteiger partial charge in [0, 0.05) is 31.2 Å². The monoisotopic (exact) mass is 260 g/mol. The van der Waals surface area contributed by atoms with E-state index >= 15 is 0 Å². The number of aryl methyl sites for hydroxylation is 1. The SMILES string of the molecule is Cn1cccc1C(=O)CN1CCc2sccc2C1. The van der Waals surface area contributed by atoms with Crippen molar-refractivity contribution in [2.24, 2.45) is 7.05 Å². The Hall–Kier alpha value is -1.39. The Balaban J connectivity index is 1.68. The predicted molar refractivity (Wildman–Crippen MR) is 73.0 cm³/mol. The largest absolute Gasteiger partial charge is 0.348 e. The summed E-state index contributed by atoms with van der Waals surface area (Å²) < 4.78 is 1.89. The van der Waals surface area contributed by atoms with Crippen LogP contribution in [-0.4, -0.2) is 28.3 Å². The molecule has 1 aliphatic rings. The first kappa shape index (κ1) is 11.7. The number of rotatable bonds is 3. The molecule has 2 aromatic heterocycles. The summed E-state index contributed by atoms with van der Waals surface area (Å²) >= 11 is 1.83. The van der Waals surface area contributed by atoms with E-state index in [9.17, 15) is 4.79 Å². The molecule has 0 aromatic carbocycles. The fraction of sp³-hybridized carbons (Fsp3) is 0.357. The lowest BCUT2D eigenvalue weighted by Gasteiger charge is -2.26. The molecule has 0 aliphatic carbocycles. The van der Waals surface area contributed by atoms with Crippen molar-refractivity contribution in [1.29, 1.82) is 0 Å². The normalized spacial score (nSPS) is 15.6. The summed E-state index contributed by atoms with van der Waals surface area (Å²) in [6.07, 6.45) is 2.99. The van der Waals surface area contributed by atoms with Gasteiger partial charge >= 0.3 is 0 Å². The second-order valence-electron chi connectivity index (χ2n) is 4.76. The minimum absolute atomic E-state index is 0.209. The van der Waals surface area contributed by atoms with Crippen LogP contribution in [0.4, 0.5) is 0 Å². The lowest BCUT2D eigenvalue weighted by molar-refractivity contribution is 0.0914. The lowest BCUT2D eigenvalue weighted by Crippen LogP contribution is -2.34. The van der Waals surface area contributed by atoms with Crippen molar-refractivity contribution in [3.05, 3.63) is 45.9 Å². The highest BCUT2D eigenvalue weighted by Gasteiger charge is 2.20. The fourth-order valence-electron chi connectivity index (χ4n) is 2.48. The third kappa shape index (κ3) is 2.13. The zero-order valence-electron chi connectivity index (χ0n) is 10.4. The standard InChI is InChI=1S/C14H16N2OS/c1-15-6-2-3-12(15)13(17)10-16-7-4-14-11(9-16)5-8-18-14/h2-3,5-6,8H,4,7,9-10H2,1H3. The van der Waals surface area contributed by atoms with Crippen molar-refractivity contribution < 1.29 is 4.79 Å². The predicted octanol–water partition coefficient (Wildman–Crippen LogP) is 2.33. The zero-order valence-corrected chi connectivity index (χ0v) is 11.2. The molecule has 0 amide bonds. The number of ketones is 1. The van der Waals surface area contributed by atoms with Crippen molar-refractivity contribution in [1.82, 2.24) is 9.47 Å². The van der Waals surface area contributed by atoms with Crippen LogP contribution < -0.4 is 0 Å². The Kier molecular flexibility index (Phi) is 3.06. The third-order valence-corrected chi connectivity index (χ3v) is 4.51. The van der Waals surface area contributed by atoms with Gasteiger partial charge in [-0.1, -0.05) is 0 Å². The Morgan fingerprint density at radius 2 is 2.33 bits per heavy atom. The van der Waals surface area contributed by atoms with E-state index in [-0.39, 0.29) is 5.78 Å². The molecule has 0 saturated carbocycles. The fourth-order valence-corrected chi connectivity index (χ4v) is 3.37. The number of fused-ring (bicyclic) bond motifs is 1. The Labute approximate surface area is 111 Å². The minimum atomic E-state index is 0.209. The lowest BCUT2D eigenvalue weighted by atomic mass is 10.1. The molecule has 0 fully saturated rings. The highest BCUT2D eigenvalue weighted by atomic mass is 32.1. The van der Waals surface area contributed by atoms with Crippen LogP contribution in [0.1, 0.15) is 20.9 Å². The highest BCUT2D eigenvalue weighted by molar-refractivity contribution is 7.10. The van der Waals surface area contributed by atoms with Gasteiger partial charge in [0.05, 0.1) is 12.2 Å². The molecule has 2 aromatic rings. The van der Waals surface area contributed by atoms with Gasteiger partial charge in [-0.25, -0.2) is 0 Å². The van der Waals surface area contributed by atoms with E-state index in [4.69, 9.17) is 0 Å². The van der Waals surface area contributed by atoms with Gasteiger partial charge in [0.2, 0.25) is 0 Å². The quantitative estimate of drug-likeness (QED) is 0.791. The van der Waals surface area contributed by atoms with Crippen LogP contribution in [0.3, 0.4) is 0 Å². The highest BCUT2D eigenvalue weighted by Crippen LogP contribution is 2.23. The maximum atomic E-state index is 12.2. The molecule has 0 atom stereocenters. The number of Topliss-reactive ketones (excluding diaryl/α,β-unsaturated/α-hetero) is 1. The van der Waals surface area contributed by atoms with Crippen LogP contribution in [0.5, 0.6) is 0 Å². The van der Waals surface area contributed by atoms with Crippen LogP contribution in [0, 0.1) is 0 Å².